The van der Waals surface area contributed by atoms with Crippen molar-refractivity contribution in [3.8, 4) is 0 Å². The molecule has 3 nitrogen and oxygen atoms in total. The second kappa shape index (κ2) is 7.23. The van der Waals surface area contributed by atoms with Gasteiger partial charge in [-0.2, -0.15) is 0 Å². The minimum atomic E-state index is -0.391. The minimum absolute atomic E-state index is 0.115. The maximum atomic E-state index is 12.7. The number of halogens is 1. The highest BCUT2D eigenvalue weighted by Crippen LogP contribution is 2.40. The summed E-state index contributed by atoms with van der Waals surface area (Å²) in [6.45, 7) is 0.662. The zero-order chi connectivity index (χ0) is 14.4. The molecule has 1 saturated carbocycles. The summed E-state index contributed by atoms with van der Waals surface area (Å²) in [7, 11) is 0. The Morgan fingerprint density at radius 3 is 2.70 bits per heavy atom. The highest BCUT2D eigenvalue weighted by atomic mass is 79.9. The van der Waals surface area contributed by atoms with E-state index in [0.717, 1.165) is 35.7 Å². The molecule has 2 N–H and O–H groups in total. The van der Waals surface area contributed by atoms with Gasteiger partial charge in [0.1, 0.15) is 0 Å². The quantitative estimate of drug-likeness (QED) is 0.809. The van der Waals surface area contributed by atoms with Crippen LogP contribution in [-0.4, -0.2) is 24.2 Å². The lowest BCUT2D eigenvalue weighted by molar-refractivity contribution is -0.128. The van der Waals surface area contributed by atoms with E-state index in [4.69, 9.17) is 5.11 Å². The lowest BCUT2D eigenvalue weighted by atomic mass is 9.68. The number of hydrogen-bond acceptors (Lipinski definition) is 2. The average Bonchev–Trinajstić information content (AvgIpc) is 2.48. The van der Waals surface area contributed by atoms with Gasteiger partial charge in [-0.3, -0.25) is 4.79 Å². The van der Waals surface area contributed by atoms with Crippen molar-refractivity contribution in [1.82, 2.24) is 5.32 Å². The highest BCUT2D eigenvalue weighted by Gasteiger charge is 2.40. The maximum absolute atomic E-state index is 12.7. The van der Waals surface area contributed by atoms with Crippen LogP contribution in [0.4, 0.5) is 0 Å². The third-order valence-corrected chi connectivity index (χ3v) is 4.63. The van der Waals surface area contributed by atoms with Gasteiger partial charge in [-0.05, 0) is 37.0 Å². The van der Waals surface area contributed by atoms with Crippen LogP contribution in [0.5, 0.6) is 0 Å². The summed E-state index contributed by atoms with van der Waals surface area (Å²) in [6.07, 6.45) is 5.84. The van der Waals surface area contributed by atoms with Gasteiger partial charge in [0, 0.05) is 17.6 Å². The minimum Gasteiger partial charge on any atom is -0.396 e. The predicted octanol–water partition coefficient (Wildman–Crippen LogP) is 3.15. The lowest BCUT2D eigenvalue weighted by Gasteiger charge is -2.36. The molecule has 0 bridgehead atoms. The van der Waals surface area contributed by atoms with Gasteiger partial charge in [-0.15, -0.1) is 0 Å². The van der Waals surface area contributed by atoms with Crippen LogP contribution in [0.15, 0.2) is 28.7 Å². The molecule has 20 heavy (non-hydrogen) atoms. The summed E-state index contributed by atoms with van der Waals surface area (Å²) in [5.41, 5.74) is 0.713. The molecular weight excluding hydrogens is 318 g/mol. The summed E-state index contributed by atoms with van der Waals surface area (Å²) < 4.78 is 1.02. The normalized spacial score (nSPS) is 17.7. The number of benzene rings is 1. The van der Waals surface area contributed by atoms with E-state index in [1.165, 1.54) is 6.42 Å². The van der Waals surface area contributed by atoms with Gasteiger partial charge in [0.05, 0.1) is 5.41 Å². The number of amides is 1. The van der Waals surface area contributed by atoms with E-state index < -0.39 is 5.41 Å². The first-order chi connectivity index (χ1) is 9.69. The smallest absolute Gasteiger partial charge is 0.230 e. The number of carbonyl (C=O) groups excluding carboxylic acids is 1. The molecule has 2 rings (SSSR count). The molecule has 1 aliphatic rings. The van der Waals surface area contributed by atoms with E-state index in [9.17, 15) is 4.79 Å². The van der Waals surface area contributed by atoms with Crippen LogP contribution in [0, 0.1) is 0 Å². The molecule has 0 saturated heterocycles. The van der Waals surface area contributed by atoms with Gasteiger partial charge in [-0.1, -0.05) is 47.3 Å². The van der Waals surface area contributed by atoms with Crippen LogP contribution in [0.2, 0.25) is 0 Å². The summed E-state index contributed by atoms with van der Waals surface area (Å²) in [6, 6.07) is 8.11. The van der Waals surface area contributed by atoms with E-state index in [0.29, 0.717) is 13.0 Å². The van der Waals surface area contributed by atoms with Crippen LogP contribution >= 0.6 is 15.9 Å². The fourth-order valence-electron chi connectivity index (χ4n) is 3.04. The molecule has 4 heteroatoms. The molecule has 0 heterocycles. The average molecular weight is 340 g/mol. The summed E-state index contributed by atoms with van der Waals surface area (Å²) in [4.78, 5) is 12.7. The van der Waals surface area contributed by atoms with E-state index in [-0.39, 0.29) is 12.5 Å². The highest BCUT2D eigenvalue weighted by molar-refractivity contribution is 9.10. The van der Waals surface area contributed by atoms with Gasteiger partial charge in [0.25, 0.3) is 0 Å². The molecule has 0 atom stereocenters. The van der Waals surface area contributed by atoms with E-state index in [1.54, 1.807) is 0 Å². The first-order valence-electron chi connectivity index (χ1n) is 7.34. The first kappa shape index (κ1) is 15.5. The second-order valence-corrected chi connectivity index (χ2v) is 6.40. The molecule has 1 aromatic carbocycles. The zero-order valence-corrected chi connectivity index (χ0v) is 13.3. The van der Waals surface area contributed by atoms with Crippen LogP contribution in [0.3, 0.4) is 0 Å². The maximum Gasteiger partial charge on any atom is 0.230 e. The van der Waals surface area contributed by atoms with Crippen molar-refractivity contribution in [3.63, 3.8) is 0 Å². The topological polar surface area (TPSA) is 49.3 Å². The van der Waals surface area contributed by atoms with Crippen molar-refractivity contribution in [3.05, 3.63) is 34.3 Å². The van der Waals surface area contributed by atoms with Crippen molar-refractivity contribution >= 4 is 21.8 Å². The molecule has 0 aliphatic heterocycles. The Balaban J connectivity index is 2.23. The number of carbonyl (C=O) groups is 1. The molecule has 1 amide bonds. The van der Waals surface area contributed by atoms with Gasteiger partial charge in [0.15, 0.2) is 0 Å². The second-order valence-electron chi connectivity index (χ2n) is 5.49. The Hall–Kier alpha value is -0.870. The van der Waals surface area contributed by atoms with Crippen LogP contribution in [0.25, 0.3) is 0 Å². The third kappa shape index (κ3) is 3.41. The Morgan fingerprint density at radius 2 is 2.05 bits per heavy atom. The van der Waals surface area contributed by atoms with Crippen molar-refractivity contribution in [2.24, 2.45) is 0 Å². The fraction of sp³-hybridized carbons (Fsp3) is 0.562. The molecule has 0 spiro atoms. The van der Waals surface area contributed by atoms with E-state index in [1.807, 2.05) is 12.1 Å². The third-order valence-electron chi connectivity index (χ3n) is 4.14. The van der Waals surface area contributed by atoms with Gasteiger partial charge in [0.2, 0.25) is 5.91 Å². The van der Waals surface area contributed by atoms with E-state index in [2.05, 4.69) is 33.4 Å². The molecule has 1 aliphatic carbocycles. The van der Waals surface area contributed by atoms with Crippen molar-refractivity contribution in [2.75, 3.05) is 13.2 Å². The van der Waals surface area contributed by atoms with Gasteiger partial charge in [-0.25, -0.2) is 0 Å². The molecule has 1 fully saturated rings. The molecule has 1 aromatic rings. The fourth-order valence-corrected chi connectivity index (χ4v) is 3.44. The number of aliphatic hydroxyl groups is 1. The van der Waals surface area contributed by atoms with Crippen LogP contribution < -0.4 is 5.32 Å². The van der Waals surface area contributed by atoms with Crippen LogP contribution in [-0.2, 0) is 10.2 Å². The van der Waals surface area contributed by atoms with Crippen molar-refractivity contribution in [1.29, 1.82) is 0 Å². The largest absolute Gasteiger partial charge is 0.396 e. The van der Waals surface area contributed by atoms with Crippen LogP contribution in [0.1, 0.15) is 44.1 Å². The number of aliphatic hydroxyl groups excluding tert-OH is 1. The Labute approximate surface area is 128 Å². The Bertz CT molecular complexity index is 456. The molecule has 0 aromatic heterocycles. The molecule has 110 valence electrons. The van der Waals surface area contributed by atoms with E-state index >= 15 is 0 Å². The monoisotopic (exact) mass is 339 g/mol. The number of hydrogen-bond donors (Lipinski definition) is 2. The van der Waals surface area contributed by atoms with Crippen molar-refractivity contribution < 1.29 is 9.90 Å². The summed E-state index contributed by atoms with van der Waals surface area (Å²) in [5, 5.41) is 11.8. The van der Waals surface area contributed by atoms with Gasteiger partial charge < -0.3 is 10.4 Å². The molecule has 0 unspecified atom stereocenters. The Kier molecular flexibility index (Phi) is 5.61. The molecule has 0 radical (unpaired) electrons. The number of rotatable bonds is 5. The summed E-state index contributed by atoms with van der Waals surface area (Å²) in [5.74, 6) is 0.115. The zero-order valence-electron chi connectivity index (χ0n) is 11.7. The SMILES string of the molecule is O=C(NCCCO)C1(c2cccc(Br)c2)CCCCC1. The lowest BCUT2D eigenvalue weighted by Crippen LogP contribution is -2.46. The summed E-state index contributed by atoms with van der Waals surface area (Å²) >= 11 is 3.50. The Morgan fingerprint density at radius 1 is 1.30 bits per heavy atom. The van der Waals surface area contributed by atoms with Gasteiger partial charge >= 0.3 is 0 Å². The van der Waals surface area contributed by atoms with Crippen molar-refractivity contribution in [2.45, 2.75) is 43.9 Å². The number of nitrogens with one attached hydrogen (secondary N) is 1. The predicted molar refractivity (Wildman–Crippen MR) is 83.6 cm³/mol. The first-order valence-corrected chi connectivity index (χ1v) is 8.13. The molecular formula is C16H22BrNO2. The standard InChI is InChI=1S/C16H22BrNO2/c17-14-7-4-6-13(12-14)16(8-2-1-3-9-16)15(20)18-10-5-11-19/h4,6-7,12,19H,1-3,5,8-11H2,(H,18,20).